The van der Waals surface area contributed by atoms with Gasteiger partial charge in [0.2, 0.25) is 17.3 Å². The first-order valence-electron chi connectivity index (χ1n) is 54.7. The summed E-state index contributed by atoms with van der Waals surface area (Å²) in [5, 5.41) is 29.8. The first-order chi connectivity index (χ1) is 65.4. The summed E-state index contributed by atoms with van der Waals surface area (Å²) < 4.78 is 5.95. The number of benzene rings is 6. The number of anilines is 3. The number of unbranched alkanes of at least 4 members (excludes halogenated alkanes) is 54. The van der Waals surface area contributed by atoms with Crippen molar-refractivity contribution in [2.45, 2.75) is 427 Å². The lowest BCUT2D eigenvalue weighted by Crippen LogP contribution is -2.25. The normalized spacial score (nSPS) is 11.4. The van der Waals surface area contributed by atoms with Crippen molar-refractivity contribution in [2.75, 3.05) is 54.0 Å². The number of rotatable bonds is 72. The van der Waals surface area contributed by atoms with Gasteiger partial charge in [-0.15, -0.1) is 30.6 Å². The predicted octanol–water partition coefficient (Wildman–Crippen LogP) is 34.0. The second-order valence-electron chi connectivity index (χ2n) is 38.7. The fourth-order valence-corrected chi connectivity index (χ4v) is 19.0. The summed E-state index contributed by atoms with van der Waals surface area (Å²) >= 11 is 0. The zero-order chi connectivity index (χ0) is 92.0. The number of aromatic nitrogens is 9. The number of hydrogen-bond acceptors (Lipinski definition) is 9. The third-order valence-electron chi connectivity index (χ3n) is 27.4. The third-order valence-corrected chi connectivity index (χ3v) is 27.4. The highest BCUT2D eigenvalue weighted by Crippen LogP contribution is 2.32. The van der Waals surface area contributed by atoms with Crippen molar-refractivity contribution in [1.82, 2.24) is 43.8 Å². The lowest BCUT2D eigenvalue weighted by atomic mass is 10.1. The average molecular weight is 1780 g/mol. The molecule has 12 nitrogen and oxygen atoms in total. The molecule has 0 N–H and O–H groups in total. The van der Waals surface area contributed by atoms with Gasteiger partial charge in [-0.3, -0.25) is 0 Å². The highest BCUT2D eigenvalue weighted by Gasteiger charge is 2.26. The first kappa shape index (κ1) is 105. The fourth-order valence-electron chi connectivity index (χ4n) is 19.0. The zero-order valence-electron chi connectivity index (χ0n) is 83.9. The summed E-state index contributed by atoms with van der Waals surface area (Å²) in [6, 6.07) is 52.0. The molecule has 12 heteroatoms. The van der Waals surface area contributed by atoms with Gasteiger partial charge in [0.1, 0.15) is 0 Å². The van der Waals surface area contributed by atoms with E-state index in [4.69, 9.17) is 30.6 Å². The molecule has 0 aliphatic rings. The summed E-state index contributed by atoms with van der Waals surface area (Å²) in [5.41, 5.74) is 12.2. The summed E-state index contributed by atoms with van der Waals surface area (Å²) in [6.45, 7) is 20.5. The van der Waals surface area contributed by atoms with Crippen LogP contribution in [0.5, 0.6) is 0 Å². The van der Waals surface area contributed by atoms with E-state index in [1.807, 2.05) is 13.2 Å². The van der Waals surface area contributed by atoms with Crippen LogP contribution in [0, 0.1) is 35.5 Å². The molecule has 0 fully saturated rings. The average Bonchev–Trinajstić information content (AvgIpc) is 1.55. The molecule has 0 bridgehead atoms. The van der Waals surface area contributed by atoms with Crippen molar-refractivity contribution in [3.8, 4) is 69.7 Å². The Balaban J connectivity index is 0.868. The standard InChI is InChI=1S/C120H174N12/c1-7-13-19-25-31-37-43-49-55-61-97-127(98-62-56-50-44-38-32-26-20-14-8-2)112-91-79-106(80-92-112)70-67-103-73-85-109(86-74-103)115-121-124-118-130(115)119-125-122-116(110-87-75-104(76-88-110)68-71-107-81-93-113(94-82-107)128(99-63-57-51-45-39-33-27-21-15-9-3)100-64-58-52-46-40-34-28-22-16-10-4)132(119)120-126-123-117(131(118)120)111-89-77-105(78-90-111)69-72-108-83-95-114(96-84-108)129(101-65-59-53-47-41-35-29-23-17-11-5)102-66-60-54-48-42-36-30-24-18-12-6/h73-96H,7-66,97-102H2,1-6H3. The molecule has 0 aliphatic carbocycles. The summed E-state index contributed by atoms with van der Waals surface area (Å²) in [5.74, 6) is 24.4. The van der Waals surface area contributed by atoms with Crippen molar-refractivity contribution in [2.24, 2.45) is 0 Å². The van der Waals surface area contributed by atoms with Gasteiger partial charge in [0.25, 0.3) is 0 Å². The van der Waals surface area contributed by atoms with E-state index in [1.54, 1.807) is 0 Å². The van der Waals surface area contributed by atoms with Crippen LogP contribution in [0.4, 0.5) is 17.1 Å². The Hall–Kier alpha value is -9.18. The minimum absolute atomic E-state index is 0.511. The molecule has 4 heterocycles. The molecule has 0 spiro atoms. The lowest BCUT2D eigenvalue weighted by Gasteiger charge is -2.25. The van der Waals surface area contributed by atoms with Crippen molar-refractivity contribution < 1.29 is 0 Å². The molecule has 10 aromatic rings. The van der Waals surface area contributed by atoms with Crippen LogP contribution in [-0.2, 0) is 0 Å². The maximum Gasteiger partial charge on any atom is 0.247 e. The van der Waals surface area contributed by atoms with Crippen molar-refractivity contribution in [1.29, 1.82) is 0 Å². The Kier molecular flexibility index (Phi) is 52.0. The van der Waals surface area contributed by atoms with Crippen LogP contribution in [0.3, 0.4) is 0 Å². The van der Waals surface area contributed by atoms with E-state index in [9.17, 15) is 0 Å². The van der Waals surface area contributed by atoms with Gasteiger partial charge in [0, 0.05) is 106 Å². The maximum atomic E-state index is 4.96. The van der Waals surface area contributed by atoms with Crippen LogP contribution in [0.25, 0.3) is 51.5 Å². The molecule has 10 rings (SSSR count). The minimum Gasteiger partial charge on any atom is -0.372 e. The Morgan fingerprint density at radius 2 is 0.303 bits per heavy atom. The number of nitrogens with zero attached hydrogens (tertiary/aromatic N) is 12. The smallest absolute Gasteiger partial charge is 0.247 e. The van der Waals surface area contributed by atoms with Gasteiger partial charge in [-0.05, 0) is 184 Å². The van der Waals surface area contributed by atoms with Gasteiger partial charge in [0.05, 0.1) is 0 Å². The Morgan fingerprint density at radius 1 is 0.167 bits per heavy atom. The van der Waals surface area contributed by atoms with Gasteiger partial charge in [0.15, 0.2) is 17.5 Å². The van der Waals surface area contributed by atoms with E-state index < -0.39 is 0 Å². The molecule has 6 aromatic carbocycles. The van der Waals surface area contributed by atoms with Crippen LogP contribution in [0.1, 0.15) is 460 Å². The van der Waals surface area contributed by atoms with Crippen LogP contribution < -0.4 is 14.7 Å². The topological polar surface area (TPSA) is 100 Å². The quantitative estimate of drug-likeness (QED) is 0.0272. The molecule has 0 aliphatic heterocycles. The molecule has 0 radical (unpaired) electrons. The van der Waals surface area contributed by atoms with Gasteiger partial charge in [-0.1, -0.05) is 424 Å². The SMILES string of the molecule is CCCCCCCCCCCCN(CCCCCCCCCCCC)c1ccc(C#Cc2ccc(-c3nnc4n3c3nnc(-c5ccc(C#Cc6ccc(N(CCCCCCCCCCCC)CCCCCCCCCCCC)cc6)cc5)n3c3nnc(-c5ccc(C#Cc6ccc(N(CCCCCCCCCCCC)CCCCCCCCCCCC)cc6)cc5)n43)cc2)cc1. The molecule has 0 atom stereocenters. The van der Waals surface area contributed by atoms with E-state index >= 15 is 0 Å². The molecule has 132 heavy (non-hydrogen) atoms. The molecule has 714 valence electrons. The zero-order valence-corrected chi connectivity index (χ0v) is 83.9. The Morgan fingerprint density at radius 3 is 0.455 bits per heavy atom. The van der Waals surface area contributed by atoms with Crippen LogP contribution >= 0.6 is 0 Å². The lowest BCUT2D eigenvalue weighted by molar-refractivity contribution is 0.543. The van der Waals surface area contributed by atoms with Gasteiger partial charge < -0.3 is 14.7 Å². The molecule has 0 saturated heterocycles. The third kappa shape index (κ3) is 38.3. The van der Waals surface area contributed by atoms with Crippen molar-refractivity contribution >= 4 is 34.4 Å². The van der Waals surface area contributed by atoms with Crippen molar-refractivity contribution in [3.63, 3.8) is 0 Å². The largest absolute Gasteiger partial charge is 0.372 e. The van der Waals surface area contributed by atoms with Gasteiger partial charge in [-0.25, -0.2) is 13.2 Å². The molecular weight excluding hydrogens is 1610 g/mol. The molecule has 0 saturated carbocycles. The minimum atomic E-state index is 0.511. The number of fused-ring (bicyclic) bond motifs is 6. The molecule has 0 amide bonds. The maximum absolute atomic E-state index is 4.96. The van der Waals surface area contributed by atoms with Crippen LogP contribution in [0.15, 0.2) is 146 Å². The summed E-state index contributed by atoms with van der Waals surface area (Å²) in [6.07, 6.45) is 81.2. The van der Waals surface area contributed by atoms with E-state index in [-0.39, 0.29) is 0 Å². The molecular formula is C120H174N12. The number of hydrogen-bond donors (Lipinski definition) is 0. The fraction of sp³-hybridized carbons (Fsp3) is 0.600. The second-order valence-corrected chi connectivity index (χ2v) is 38.7. The summed E-state index contributed by atoms with van der Waals surface area (Å²) in [4.78, 5) is 7.95. The van der Waals surface area contributed by atoms with E-state index in [1.165, 1.54) is 402 Å². The first-order valence-corrected chi connectivity index (χ1v) is 54.7. The van der Waals surface area contributed by atoms with E-state index in [2.05, 4.69) is 237 Å². The van der Waals surface area contributed by atoms with Crippen LogP contribution in [-0.4, -0.2) is 83.1 Å². The van der Waals surface area contributed by atoms with Gasteiger partial charge in [-0.2, -0.15) is 0 Å². The highest BCUT2D eigenvalue weighted by atomic mass is 15.5. The van der Waals surface area contributed by atoms with Crippen molar-refractivity contribution in [3.05, 3.63) is 179 Å². The molecule has 4 aromatic heterocycles. The van der Waals surface area contributed by atoms with E-state index in [0.29, 0.717) is 34.8 Å². The van der Waals surface area contributed by atoms with Gasteiger partial charge >= 0.3 is 0 Å². The Labute approximate surface area is 802 Å². The second kappa shape index (κ2) is 65.5. The highest BCUT2D eigenvalue weighted by molar-refractivity contribution is 5.73. The Bertz CT molecular complexity index is 4270. The monoisotopic (exact) mass is 1780 g/mol. The predicted molar refractivity (Wildman–Crippen MR) is 567 cm³/mol. The summed E-state index contributed by atoms with van der Waals surface area (Å²) in [7, 11) is 0. The molecule has 0 unspecified atom stereocenters. The van der Waals surface area contributed by atoms with E-state index in [0.717, 1.165) is 89.3 Å². The van der Waals surface area contributed by atoms with Crippen LogP contribution in [0.2, 0.25) is 0 Å².